The number of hydrogen-bond acceptors (Lipinski definition) is 5. The van der Waals surface area contributed by atoms with Crippen molar-refractivity contribution in [1.82, 2.24) is 14.9 Å². The van der Waals surface area contributed by atoms with Crippen LogP contribution in [-0.4, -0.2) is 36.2 Å². The van der Waals surface area contributed by atoms with Gasteiger partial charge in [-0.2, -0.15) is 0 Å². The lowest BCUT2D eigenvalue weighted by Crippen LogP contribution is -2.33. The molecule has 0 unspecified atom stereocenters. The number of amides is 1. The van der Waals surface area contributed by atoms with Gasteiger partial charge in [-0.25, -0.2) is 4.98 Å². The zero-order chi connectivity index (χ0) is 18.2. The largest absolute Gasteiger partial charge is 0.493 e. The molecule has 0 spiro atoms. The second kappa shape index (κ2) is 8.86. The number of aryl methyl sites for hydroxylation is 1. The molecule has 0 saturated heterocycles. The van der Waals surface area contributed by atoms with Crippen LogP contribution < -0.4 is 20.3 Å². The van der Waals surface area contributed by atoms with Crippen LogP contribution in [0.15, 0.2) is 35.4 Å². The zero-order valence-corrected chi connectivity index (χ0v) is 14.7. The molecule has 2 rings (SSSR count). The van der Waals surface area contributed by atoms with E-state index >= 15 is 0 Å². The SMILES string of the molecule is CCc1cc(=O)n(CC(=O)NCCc2ccc(OC)c(OC)c2)cn1. The summed E-state index contributed by atoms with van der Waals surface area (Å²) in [5.41, 5.74) is 1.51. The number of benzene rings is 1. The summed E-state index contributed by atoms with van der Waals surface area (Å²) < 4.78 is 11.7. The van der Waals surface area contributed by atoms with Crippen LogP contribution in [0.2, 0.25) is 0 Å². The Morgan fingerprint density at radius 1 is 1.20 bits per heavy atom. The van der Waals surface area contributed by atoms with Gasteiger partial charge in [0.25, 0.3) is 5.56 Å². The van der Waals surface area contributed by atoms with Crippen LogP contribution in [0, 0.1) is 0 Å². The lowest BCUT2D eigenvalue weighted by Gasteiger charge is -2.10. The molecule has 7 nitrogen and oxygen atoms in total. The number of carbonyl (C=O) groups excluding carboxylic acids is 1. The molecular formula is C18H23N3O4. The van der Waals surface area contributed by atoms with Gasteiger partial charge in [0.15, 0.2) is 11.5 Å². The fourth-order valence-corrected chi connectivity index (χ4v) is 2.37. The average Bonchev–Trinajstić information content (AvgIpc) is 2.63. The van der Waals surface area contributed by atoms with Gasteiger partial charge in [-0.15, -0.1) is 0 Å². The third kappa shape index (κ3) is 5.07. The van der Waals surface area contributed by atoms with Crippen LogP contribution in [0.5, 0.6) is 11.5 Å². The first-order valence-electron chi connectivity index (χ1n) is 8.10. The lowest BCUT2D eigenvalue weighted by molar-refractivity contribution is -0.121. The number of rotatable bonds is 8. The summed E-state index contributed by atoms with van der Waals surface area (Å²) in [6.45, 7) is 2.35. The lowest BCUT2D eigenvalue weighted by atomic mass is 10.1. The third-order valence-electron chi connectivity index (χ3n) is 3.80. The molecule has 0 atom stereocenters. The summed E-state index contributed by atoms with van der Waals surface area (Å²) in [4.78, 5) is 28.0. The van der Waals surface area contributed by atoms with Crippen LogP contribution >= 0.6 is 0 Å². The maximum Gasteiger partial charge on any atom is 0.253 e. The van der Waals surface area contributed by atoms with Crippen molar-refractivity contribution in [1.29, 1.82) is 0 Å². The molecule has 1 amide bonds. The Morgan fingerprint density at radius 3 is 2.60 bits per heavy atom. The molecule has 0 aliphatic carbocycles. The molecule has 0 bridgehead atoms. The minimum atomic E-state index is -0.228. The number of ether oxygens (including phenoxy) is 2. The van der Waals surface area contributed by atoms with E-state index in [0.717, 1.165) is 11.3 Å². The van der Waals surface area contributed by atoms with Gasteiger partial charge in [-0.3, -0.25) is 14.2 Å². The highest BCUT2D eigenvalue weighted by atomic mass is 16.5. The molecule has 0 fully saturated rings. The fourth-order valence-electron chi connectivity index (χ4n) is 2.37. The summed E-state index contributed by atoms with van der Waals surface area (Å²) >= 11 is 0. The summed E-state index contributed by atoms with van der Waals surface area (Å²) in [5, 5.41) is 2.80. The van der Waals surface area contributed by atoms with Gasteiger partial charge in [0.2, 0.25) is 5.91 Å². The van der Waals surface area contributed by atoms with Gasteiger partial charge in [0.05, 0.1) is 20.5 Å². The van der Waals surface area contributed by atoms with E-state index in [9.17, 15) is 9.59 Å². The van der Waals surface area contributed by atoms with Crippen molar-refractivity contribution in [2.24, 2.45) is 0 Å². The number of methoxy groups -OCH3 is 2. The van der Waals surface area contributed by atoms with Crippen molar-refractivity contribution < 1.29 is 14.3 Å². The molecule has 1 heterocycles. The second-order valence-corrected chi connectivity index (χ2v) is 5.49. The molecule has 0 aliphatic heterocycles. The van der Waals surface area contributed by atoms with E-state index in [1.165, 1.54) is 17.0 Å². The molecule has 1 N–H and O–H groups in total. The first kappa shape index (κ1) is 18.5. The minimum absolute atomic E-state index is 0.0399. The number of aromatic nitrogens is 2. The molecule has 0 aliphatic rings. The summed E-state index contributed by atoms with van der Waals surface area (Å²) in [5.74, 6) is 1.09. The highest BCUT2D eigenvalue weighted by molar-refractivity contribution is 5.75. The van der Waals surface area contributed by atoms with Crippen molar-refractivity contribution in [3.8, 4) is 11.5 Å². The monoisotopic (exact) mass is 345 g/mol. The van der Waals surface area contributed by atoms with Crippen molar-refractivity contribution in [2.45, 2.75) is 26.3 Å². The van der Waals surface area contributed by atoms with Gasteiger partial charge in [0, 0.05) is 18.3 Å². The molecular weight excluding hydrogens is 322 g/mol. The van der Waals surface area contributed by atoms with E-state index in [4.69, 9.17) is 9.47 Å². The molecule has 2 aromatic rings. The molecule has 1 aromatic carbocycles. The van der Waals surface area contributed by atoms with Gasteiger partial charge in [-0.05, 0) is 30.5 Å². The van der Waals surface area contributed by atoms with Gasteiger partial charge >= 0.3 is 0 Å². The predicted molar refractivity (Wildman–Crippen MR) is 94.1 cm³/mol. The molecule has 0 saturated carbocycles. The topological polar surface area (TPSA) is 82.5 Å². The Morgan fingerprint density at radius 2 is 1.96 bits per heavy atom. The van der Waals surface area contributed by atoms with Crippen molar-refractivity contribution in [2.75, 3.05) is 20.8 Å². The Bertz CT molecular complexity index is 786. The van der Waals surface area contributed by atoms with Crippen LogP contribution in [0.25, 0.3) is 0 Å². The average molecular weight is 345 g/mol. The van der Waals surface area contributed by atoms with E-state index in [0.29, 0.717) is 30.9 Å². The first-order valence-corrected chi connectivity index (χ1v) is 8.10. The zero-order valence-electron chi connectivity index (χ0n) is 14.7. The quantitative estimate of drug-likeness (QED) is 0.777. The van der Waals surface area contributed by atoms with E-state index in [-0.39, 0.29) is 18.0 Å². The Kier molecular flexibility index (Phi) is 6.56. The van der Waals surface area contributed by atoms with Gasteiger partial charge in [0.1, 0.15) is 6.54 Å². The maximum atomic E-state index is 12.0. The molecule has 25 heavy (non-hydrogen) atoms. The van der Waals surface area contributed by atoms with E-state index in [2.05, 4.69) is 10.3 Å². The Hall–Kier alpha value is -2.83. The molecule has 0 radical (unpaired) electrons. The summed E-state index contributed by atoms with van der Waals surface area (Å²) in [6, 6.07) is 7.09. The Balaban J connectivity index is 1.87. The third-order valence-corrected chi connectivity index (χ3v) is 3.80. The van der Waals surface area contributed by atoms with Crippen molar-refractivity contribution >= 4 is 5.91 Å². The number of hydrogen-bond donors (Lipinski definition) is 1. The van der Waals surface area contributed by atoms with Crippen LogP contribution in [0.1, 0.15) is 18.2 Å². The van der Waals surface area contributed by atoms with Gasteiger partial charge in [-0.1, -0.05) is 13.0 Å². The number of nitrogens with one attached hydrogen (secondary N) is 1. The molecule has 7 heteroatoms. The smallest absolute Gasteiger partial charge is 0.253 e. The fraction of sp³-hybridized carbons (Fsp3) is 0.389. The second-order valence-electron chi connectivity index (χ2n) is 5.49. The number of carbonyl (C=O) groups is 1. The number of nitrogens with zero attached hydrogens (tertiary/aromatic N) is 2. The standard InChI is InChI=1S/C18H23N3O4/c1-4-14-10-18(23)21(12-20-14)11-17(22)19-8-7-13-5-6-15(24-2)16(9-13)25-3/h5-6,9-10,12H,4,7-8,11H2,1-3H3,(H,19,22). The van der Waals surface area contributed by atoms with Crippen molar-refractivity contribution in [3.63, 3.8) is 0 Å². The predicted octanol–water partition coefficient (Wildman–Crippen LogP) is 1.18. The normalized spacial score (nSPS) is 10.4. The van der Waals surface area contributed by atoms with E-state index in [1.54, 1.807) is 14.2 Å². The molecule has 1 aromatic heterocycles. The highest BCUT2D eigenvalue weighted by Crippen LogP contribution is 2.27. The van der Waals surface area contributed by atoms with Crippen LogP contribution in [-0.2, 0) is 24.2 Å². The van der Waals surface area contributed by atoms with E-state index < -0.39 is 0 Å². The van der Waals surface area contributed by atoms with Crippen molar-refractivity contribution in [3.05, 3.63) is 52.2 Å². The van der Waals surface area contributed by atoms with Crippen LogP contribution in [0.4, 0.5) is 0 Å². The minimum Gasteiger partial charge on any atom is -0.493 e. The maximum absolute atomic E-state index is 12.0. The Labute approximate surface area is 146 Å². The van der Waals surface area contributed by atoms with E-state index in [1.807, 2.05) is 25.1 Å². The van der Waals surface area contributed by atoms with Gasteiger partial charge < -0.3 is 14.8 Å². The van der Waals surface area contributed by atoms with Crippen LogP contribution in [0.3, 0.4) is 0 Å². The highest BCUT2D eigenvalue weighted by Gasteiger charge is 2.07. The summed E-state index contributed by atoms with van der Waals surface area (Å²) in [6.07, 6.45) is 2.75. The molecule has 134 valence electrons. The summed E-state index contributed by atoms with van der Waals surface area (Å²) in [7, 11) is 3.17. The first-order chi connectivity index (χ1) is 12.1.